The Labute approximate surface area is 87.4 Å². The van der Waals surface area contributed by atoms with Crippen LogP contribution in [0.1, 0.15) is 18.8 Å². The highest BCUT2D eigenvalue weighted by atomic mass is 15.3. The van der Waals surface area contributed by atoms with Crippen molar-refractivity contribution in [3.63, 3.8) is 0 Å². The standard InChI is InChI=1S/C9H12N6/c1-7(9-14-12-6-15(9)2)13-8-3-4-10-5-11-8/h3-7H,1-2H3,(H,10,11,13). The molecule has 2 rings (SSSR count). The lowest BCUT2D eigenvalue weighted by atomic mass is 10.3. The molecule has 0 aliphatic heterocycles. The molecule has 1 N–H and O–H groups in total. The van der Waals surface area contributed by atoms with Crippen LogP contribution in [0.25, 0.3) is 0 Å². The smallest absolute Gasteiger partial charge is 0.154 e. The van der Waals surface area contributed by atoms with Crippen molar-refractivity contribution in [1.82, 2.24) is 24.7 Å². The Bertz CT molecular complexity index is 423. The van der Waals surface area contributed by atoms with Gasteiger partial charge in [-0.1, -0.05) is 0 Å². The molecule has 2 aromatic rings. The molecule has 0 aromatic carbocycles. The van der Waals surface area contributed by atoms with E-state index in [0.717, 1.165) is 11.6 Å². The van der Waals surface area contributed by atoms with Crippen LogP contribution in [0.2, 0.25) is 0 Å². The van der Waals surface area contributed by atoms with Gasteiger partial charge in [-0.3, -0.25) is 0 Å². The van der Waals surface area contributed by atoms with Gasteiger partial charge in [-0.15, -0.1) is 10.2 Å². The summed E-state index contributed by atoms with van der Waals surface area (Å²) in [6, 6.07) is 1.87. The molecule has 0 fully saturated rings. The summed E-state index contributed by atoms with van der Waals surface area (Å²) in [6.45, 7) is 2.01. The fourth-order valence-electron chi connectivity index (χ4n) is 1.35. The summed E-state index contributed by atoms with van der Waals surface area (Å²) in [5, 5.41) is 11.1. The van der Waals surface area contributed by atoms with Crippen LogP contribution in [0, 0.1) is 0 Å². The van der Waals surface area contributed by atoms with Gasteiger partial charge in [0.1, 0.15) is 18.5 Å². The third-order valence-corrected chi connectivity index (χ3v) is 2.08. The molecule has 0 saturated heterocycles. The number of hydrogen-bond donors (Lipinski definition) is 1. The second-order valence-corrected chi connectivity index (χ2v) is 3.26. The van der Waals surface area contributed by atoms with Crippen molar-refractivity contribution >= 4 is 5.82 Å². The van der Waals surface area contributed by atoms with Crippen LogP contribution in [-0.4, -0.2) is 24.7 Å². The highest BCUT2D eigenvalue weighted by Gasteiger charge is 2.10. The lowest BCUT2D eigenvalue weighted by molar-refractivity contribution is 0.716. The molecule has 0 amide bonds. The van der Waals surface area contributed by atoms with Crippen molar-refractivity contribution in [3.8, 4) is 0 Å². The first-order chi connectivity index (χ1) is 7.27. The van der Waals surface area contributed by atoms with Crippen molar-refractivity contribution < 1.29 is 0 Å². The fraction of sp³-hybridized carbons (Fsp3) is 0.333. The van der Waals surface area contributed by atoms with Gasteiger partial charge in [0.05, 0.1) is 6.04 Å². The predicted molar refractivity (Wildman–Crippen MR) is 55.1 cm³/mol. The average Bonchev–Trinajstić information content (AvgIpc) is 2.66. The zero-order valence-electron chi connectivity index (χ0n) is 8.62. The minimum Gasteiger partial charge on any atom is -0.360 e. The number of rotatable bonds is 3. The monoisotopic (exact) mass is 204 g/mol. The summed E-state index contributed by atoms with van der Waals surface area (Å²) < 4.78 is 1.87. The van der Waals surface area contributed by atoms with E-state index in [1.54, 1.807) is 12.5 Å². The van der Waals surface area contributed by atoms with Crippen molar-refractivity contribution in [2.24, 2.45) is 7.05 Å². The van der Waals surface area contributed by atoms with E-state index in [1.165, 1.54) is 6.33 Å². The summed E-state index contributed by atoms with van der Waals surface area (Å²) in [5.41, 5.74) is 0. The third-order valence-electron chi connectivity index (χ3n) is 2.08. The molecule has 6 heteroatoms. The van der Waals surface area contributed by atoms with Crippen LogP contribution in [0.15, 0.2) is 24.9 Å². The van der Waals surface area contributed by atoms with E-state index < -0.39 is 0 Å². The molecule has 6 nitrogen and oxygen atoms in total. The first-order valence-corrected chi connectivity index (χ1v) is 4.64. The molecular weight excluding hydrogens is 192 g/mol. The van der Waals surface area contributed by atoms with Crippen molar-refractivity contribution in [2.45, 2.75) is 13.0 Å². The van der Waals surface area contributed by atoms with Crippen molar-refractivity contribution in [2.75, 3.05) is 5.32 Å². The molecule has 1 unspecified atom stereocenters. The van der Waals surface area contributed by atoms with Crippen LogP contribution in [0.5, 0.6) is 0 Å². The molecule has 2 heterocycles. The topological polar surface area (TPSA) is 68.5 Å². The first-order valence-electron chi connectivity index (χ1n) is 4.64. The van der Waals surface area contributed by atoms with E-state index in [1.807, 2.05) is 24.6 Å². The number of nitrogens with zero attached hydrogens (tertiary/aromatic N) is 5. The second kappa shape index (κ2) is 4.04. The summed E-state index contributed by atoms with van der Waals surface area (Å²) in [6.07, 6.45) is 4.87. The van der Waals surface area contributed by atoms with E-state index in [0.29, 0.717) is 0 Å². The molecule has 0 aliphatic rings. The van der Waals surface area contributed by atoms with Gasteiger partial charge in [0.2, 0.25) is 0 Å². The summed E-state index contributed by atoms with van der Waals surface area (Å²) in [5.74, 6) is 1.65. The highest BCUT2D eigenvalue weighted by molar-refractivity contribution is 5.33. The molecule has 78 valence electrons. The van der Waals surface area contributed by atoms with E-state index in [-0.39, 0.29) is 6.04 Å². The van der Waals surface area contributed by atoms with E-state index in [4.69, 9.17) is 0 Å². The Morgan fingerprint density at radius 2 is 2.33 bits per heavy atom. The van der Waals surface area contributed by atoms with Crippen molar-refractivity contribution in [1.29, 1.82) is 0 Å². The minimum absolute atomic E-state index is 0.0624. The van der Waals surface area contributed by atoms with Crippen LogP contribution >= 0.6 is 0 Å². The second-order valence-electron chi connectivity index (χ2n) is 3.26. The molecule has 15 heavy (non-hydrogen) atoms. The number of nitrogens with one attached hydrogen (secondary N) is 1. The Morgan fingerprint density at radius 3 is 2.93 bits per heavy atom. The Balaban J connectivity index is 2.11. The van der Waals surface area contributed by atoms with Gasteiger partial charge in [0.25, 0.3) is 0 Å². The van der Waals surface area contributed by atoms with Gasteiger partial charge in [-0.2, -0.15) is 0 Å². The molecule has 1 atom stereocenters. The molecular formula is C9H12N6. The maximum atomic E-state index is 4.08. The van der Waals surface area contributed by atoms with Gasteiger partial charge in [-0.25, -0.2) is 9.97 Å². The summed E-state index contributed by atoms with van der Waals surface area (Å²) in [4.78, 5) is 7.93. The maximum absolute atomic E-state index is 4.08. The normalized spacial score (nSPS) is 12.4. The lowest BCUT2D eigenvalue weighted by Crippen LogP contribution is -2.12. The summed E-state index contributed by atoms with van der Waals surface area (Å²) in [7, 11) is 1.91. The molecule has 0 spiro atoms. The highest BCUT2D eigenvalue weighted by Crippen LogP contribution is 2.13. The number of hydrogen-bond acceptors (Lipinski definition) is 5. The quantitative estimate of drug-likeness (QED) is 0.800. The predicted octanol–water partition coefficient (Wildman–Crippen LogP) is 0.778. The van der Waals surface area contributed by atoms with Crippen LogP contribution < -0.4 is 5.32 Å². The van der Waals surface area contributed by atoms with Gasteiger partial charge in [0, 0.05) is 13.2 Å². The largest absolute Gasteiger partial charge is 0.360 e. The van der Waals surface area contributed by atoms with Gasteiger partial charge in [-0.05, 0) is 13.0 Å². The molecule has 0 saturated carbocycles. The SMILES string of the molecule is CC(Nc1ccncn1)c1nncn1C. The van der Waals surface area contributed by atoms with Gasteiger partial charge >= 0.3 is 0 Å². The van der Waals surface area contributed by atoms with Crippen LogP contribution in [0.4, 0.5) is 5.82 Å². The first kappa shape index (κ1) is 9.57. The average molecular weight is 204 g/mol. The Morgan fingerprint density at radius 1 is 1.47 bits per heavy atom. The number of aromatic nitrogens is 5. The lowest BCUT2D eigenvalue weighted by Gasteiger charge is -2.12. The number of anilines is 1. The van der Waals surface area contributed by atoms with E-state index in [2.05, 4.69) is 25.5 Å². The van der Waals surface area contributed by atoms with Crippen LogP contribution in [0.3, 0.4) is 0 Å². The zero-order valence-corrected chi connectivity index (χ0v) is 8.62. The molecule has 2 aromatic heterocycles. The third kappa shape index (κ3) is 2.09. The van der Waals surface area contributed by atoms with Gasteiger partial charge in [0.15, 0.2) is 5.82 Å². The minimum atomic E-state index is 0.0624. The molecule has 0 bridgehead atoms. The van der Waals surface area contributed by atoms with Crippen LogP contribution in [-0.2, 0) is 7.05 Å². The van der Waals surface area contributed by atoms with Gasteiger partial charge < -0.3 is 9.88 Å². The Kier molecular flexibility index (Phi) is 2.57. The van der Waals surface area contributed by atoms with E-state index >= 15 is 0 Å². The van der Waals surface area contributed by atoms with E-state index in [9.17, 15) is 0 Å². The maximum Gasteiger partial charge on any atom is 0.154 e. The molecule has 0 aliphatic carbocycles. The van der Waals surface area contributed by atoms with Crippen molar-refractivity contribution in [3.05, 3.63) is 30.7 Å². The molecule has 0 radical (unpaired) electrons. The number of aryl methyl sites for hydroxylation is 1. The zero-order chi connectivity index (χ0) is 10.7. The fourth-order valence-corrected chi connectivity index (χ4v) is 1.35. The Hall–Kier alpha value is -1.98. The summed E-state index contributed by atoms with van der Waals surface area (Å²) >= 11 is 0.